The molecule has 0 bridgehead atoms. The van der Waals surface area contributed by atoms with Crippen LogP contribution in [0.15, 0.2) is 42.5 Å². The highest BCUT2D eigenvalue weighted by molar-refractivity contribution is 7.98. The number of carbonyl (C=O) groups is 1. The number of nitrogens with one attached hydrogen (secondary N) is 1. The molecule has 1 atom stereocenters. The molecule has 2 rings (SSSR count). The molecule has 0 saturated heterocycles. The van der Waals surface area contributed by atoms with Gasteiger partial charge in [0.1, 0.15) is 11.8 Å². The van der Waals surface area contributed by atoms with E-state index in [1.807, 2.05) is 12.1 Å². The van der Waals surface area contributed by atoms with Crippen molar-refractivity contribution in [1.82, 2.24) is 5.32 Å². The maximum atomic E-state index is 12.6. The van der Waals surface area contributed by atoms with Gasteiger partial charge in [0.05, 0.1) is 29.1 Å². The summed E-state index contributed by atoms with van der Waals surface area (Å²) in [5, 5.41) is 3.82. The SMILES string of the molecule is COc1ccc(N([C@H](C)C(=O)NCCSCc2ccc(Cl)c(Cl)c2)S(C)(=O)=O)cc1. The highest BCUT2D eigenvalue weighted by Gasteiger charge is 2.28. The largest absolute Gasteiger partial charge is 0.497 e. The van der Waals surface area contributed by atoms with Gasteiger partial charge in [-0.05, 0) is 48.9 Å². The number of hydrogen-bond donors (Lipinski definition) is 1. The molecule has 1 N–H and O–H groups in total. The van der Waals surface area contributed by atoms with Gasteiger partial charge in [0.15, 0.2) is 0 Å². The predicted molar refractivity (Wildman–Crippen MR) is 125 cm³/mol. The van der Waals surface area contributed by atoms with Gasteiger partial charge in [-0.15, -0.1) is 0 Å². The van der Waals surface area contributed by atoms with E-state index in [9.17, 15) is 13.2 Å². The van der Waals surface area contributed by atoms with E-state index in [4.69, 9.17) is 27.9 Å². The van der Waals surface area contributed by atoms with Gasteiger partial charge in [-0.25, -0.2) is 8.42 Å². The summed E-state index contributed by atoms with van der Waals surface area (Å²) in [7, 11) is -2.13. The summed E-state index contributed by atoms with van der Waals surface area (Å²) in [6, 6.07) is 11.1. The molecule has 0 aliphatic rings. The smallest absolute Gasteiger partial charge is 0.243 e. The van der Waals surface area contributed by atoms with Crippen molar-refractivity contribution >= 4 is 56.6 Å². The Balaban J connectivity index is 1.90. The van der Waals surface area contributed by atoms with E-state index < -0.39 is 16.1 Å². The fourth-order valence-corrected chi connectivity index (χ4v) is 5.05. The van der Waals surface area contributed by atoms with E-state index in [0.29, 0.717) is 33.8 Å². The fourth-order valence-electron chi connectivity index (χ4n) is 2.75. The number of halogens is 2. The molecule has 0 saturated carbocycles. The van der Waals surface area contributed by atoms with E-state index in [0.717, 1.165) is 21.9 Å². The monoisotopic (exact) mass is 490 g/mol. The first kappa shape index (κ1) is 24.7. The number of amides is 1. The first-order chi connectivity index (χ1) is 14.1. The van der Waals surface area contributed by atoms with E-state index >= 15 is 0 Å². The molecule has 0 aliphatic carbocycles. The molecule has 0 aliphatic heterocycles. The van der Waals surface area contributed by atoms with Crippen LogP contribution in [0.4, 0.5) is 5.69 Å². The van der Waals surface area contributed by atoms with Crippen molar-refractivity contribution in [3.8, 4) is 5.75 Å². The van der Waals surface area contributed by atoms with Crippen LogP contribution in [0.5, 0.6) is 5.75 Å². The van der Waals surface area contributed by atoms with E-state index in [-0.39, 0.29) is 5.91 Å². The zero-order valence-corrected chi connectivity index (χ0v) is 20.0. The summed E-state index contributed by atoms with van der Waals surface area (Å²) in [6.45, 7) is 1.97. The highest BCUT2D eigenvalue weighted by Crippen LogP contribution is 2.25. The first-order valence-corrected chi connectivity index (χ1v) is 12.8. The van der Waals surface area contributed by atoms with Gasteiger partial charge in [-0.1, -0.05) is 29.3 Å². The van der Waals surface area contributed by atoms with E-state index in [1.54, 1.807) is 49.0 Å². The minimum atomic E-state index is -3.66. The Hall–Kier alpha value is -1.61. The lowest BCUT2D eigenvalue weighted by Gasteiger charge is -2.28. The second kappa shape index (κ2) is 11.1. The van der Waals surface area contributed by atoms with Gasteiger partial charge in [0.25, 0.3) is 0 Å². The lowest BCUT2D eigenvalue weighted by Crippen LogP contribution is -2.48. The summed E-state index contributed by atoms with van der Waals surface area (Å²) < 4.78 is 30.8. The van der Waals surface area contributed by atoms with Gasteiger partial charge in [-0.2, -0.15) is 11.8 Å². The Labute approximate surface area is 191 Å². The molecule has 164 valence electrons. The van der Waals surface area contributed by atoms with Crippen LogP contribution in [-0.2, 0) is 20.6 Å². The average Bonchev–Trinajstić information content (AvgIpc) is 2.69. The number of ether oxygens (including phenoxy) is 1. The fraction of sp³-hybridized carbons (Fsp3) is 0.350. The minimum Gasteiger partial charge on any atom is -0.497 e. The zero-order chi connectivity index (χ0) is 22.3. The van der Waals surface area contributed by atoms with Crippen molar-refractivity contribution in [2.24, 2.45) is 0 Å². The third kappa shape index (κ3) is 6.97. The van der Waals surface area contributed by atoms with Crippen LogP contribution in [0.3, 0.4) is 0 Å². The molecule has 0 aromatic heterocycles. The summed E-state index contributed by atoms with van der Waals surface area (Å²) in [5.74, 6) is 1.62. The van der Waals surface area contributed by atoms with Crippen molar-refractivity contribution in [2.45, 2.75) is 18.7 Å². The number of hydrogen-bond acceptors (Lipinski definition) is 5. The molecular formula is C20H24Cl2N2O4S2. The van der Waals surface area contributed by atoms with Crippen LogP contribution in [0.2, 0.25) is 10.0 Å². The standard InChI is InChI=1S/C20H24Cl2N2O4S2/c1-14(24(30(3,26)27)16-5-7-17(28-2)8-6-16)20(25)23-10-11-29-13-15-4-9-18(21)19(22)12-15/h4-9,12,14H,10-11,13H2,1-3H3,(H,23,25)/t14-/m1/s1. The van der Waals surface area contributed by atoms with Gasteiger partial charge >= 0.3 is 0 Å². The number of benzene rings is 2. The van der Waals surface area contributed by atoms with Crippen molar-refractivity contribution in [3.05, 3.63) is 58.1 Å². The lowest BCUT2D eigenvalue weighted by molar-refractivity contribution is -0.121. The molecule has 0 fully saturated rings. The van der Waals surface area contributed by atoms with Crippen LogP contribution in [0, 0.1) is 0 Å². The molecule has 1 amide bonds. The Morgan fingerprint density at radius 2 is 1.83 bits per heavy atom. The maximum absolute atomic E-state index is 12.6. The Bertz CT molecular complexity index is 969. The summed E-state index contributed by atoms with van der Waals surface area (Å²) >= 11 is 13.5. The van der Waals surface area contributed by atoms with Gasteiger partial charge in [-0.3, -0.25) is 9.10 Å². The number of thioether (sulfide) groups is 1. The number of anilines is 1. The zero-order valence-electron chi connectivity index (χ0n) is 16.9. The maximum Gasteiger partial charge on any atom is 0.243 e. The Morgan fingerprint density at radius 3 is 2.40 bits per heavy atom. The summed E-state index contributed by atoms with van der Waals surface area (Å²) in [5.41, 5.74) is 1.44. The molecule has 30 heavy (non-hydrogen) atoms. The van der Waals surface area contributed by atoms with Gasteiger partial charge in [0.2, 0.25) is 15.9 Å². The first-order valence-electron chi connectivity index (χ1n) is 9.06. The minimum absolute atomic E-state index is 0.369. The Morgan fingerprint density at radius 1 is 1.17 bits per heavy atom. The summed E-state index contributed by atoms with van der Waals surface area (Å²) in [6.07, 6.45) is 1.08. The molecule has 0 radical (unpaired) electrons. The van der Waals surface area contributed by atoms with Crippen molar-refractivity contribution in [1.29, 1.82) is 0 Å². The third-order valence-corrected chi connectivity index (χ3v) is 7.22. The molecule has 2 aromatic carbocycles. The second-order valence-electron chi connectivity index (χ2n) is 6.52. The van der Waals surface area contributed by atoms with Crippen LogP contribution >= 0.6 is 35.0 Å². The van der Waals surface area contributed by atoms with Crippen LogP contribution in [0.25, 0.3) is 0 Å². The van der Waals surface area contributed by atoms with Crippen molar-refractivity contribution < 1.29 is 17.9 Å². The molecular weight excluding hydrogens is 467 g/mol. The van der Waals surface area contributed by atoms with Crippen LogP contribution < -0.4 is 14.4 Å². The van der Waals surface area contributed by atoms with Gasteiger partial charge < -0.3 is 10.1 Å². The number of methoxy groups -OCH3 is 1. The van der Waals surface area contributed by atoms with Crippen molar-refractivity contribution in [3.63, 3.8) is 0 Å². The number of nitrogens with zero attached hydrogens (tertiary/aromatic N) is 1. The average molecular weight is 491 g/mol. The van der Waals surface area contributed by atoms with Gasteiger partial charge in [0, 0.05) is 18.1 Å². The third-order valence-electron chi connectivity index (χ3n) is 4.21. The van der Waals surface area contributed by atoms with Crippen molar-refractivity contribution in [2.75, 3.05) is 30.0 Å². The molecule has 0 heterocycles. The Kier molecular flexibility index (Phi) is 9.15. The highest BCUT2D eigenvalue weighted by atomic mass is 35.5. The second-order valence-corrected chi connectivity index (χ2v) is 10.3. The summed E-state index contributed by atoms with van der Waals surface area (Å²) in [4.78, 5) is 12.6. The number of rotatable bonds is 10. The molecule has 6 nitrogen and oxygen atoms in total. The molecule has 0 unspecified atom stereocenters. The number of sulfonamides is 1. The van der Waals surface area contributed by atoms with E-state index in [1.165, 1.54) is 7.11 Å². The normalized spacial score (nSPS) is 12.3. The topological polar surface area (TPSA) is 75.7 Å². The molecule has 10 heteroatoms. The molecule has 2 aromatic rings. The quantitative estimate of drug-likeness (QED) is 0.504. The lowest BCUT2D eigenvalue weighted by atomic mass is 10.2. The van der Waals surface area contributed by atoms with Crippen LogP contribution in [-0.4, -0.2) is 46.0 Å². The molecule has 0 spiro atoms. The van der Waals surface area contributed by atoms with E-state index in [2.05, 4.69) is 5.32 Å². The van der Waals surface area contributed by atoms with Crippen LogP contribution in [0.1, 0.15) is 12.5 Å². The number of carbonyl (C=O) groups excluding carboxylic acids is 1. The predicted octanol–water partition coefficient (Wildman–Crippen LogP) is 4.21.